The average molecular weight is 444 g/mol. The van der Waals surface area contributed by atoms with Gasteiger partial charge in [0, 0.05) is 38.6 Å². The third-order valence-corrected chi connectivity index (χ3v) is 5.87. The maximum atomic E-state index is 12.1. The number of benzene rings is 1. The molecule has 2 bridgehead atoms. The monoisotopic (exact) mass is 443 g/mol. The number of carbonyl (C=O) groups is 1. The minimum absolute atomic E-state index is 0. The van der Waals surface area contributed by atoms with Gasteiger partial charge in [0.25, 0.3) is 0 Å². The van der Waals surface area contributed by atoms with Gasteiger partial charge in [0.15, 0.2) is 0 Å². The Bertz CT molecular complexity index is 606. The predicted molar refractivity (Wildman–Crippen MR) is 126 cm³/mol. The van der Waals surface area contributed by atoms with Crippen molar-refractivity contribution < 1.29 is 4.79 Å². The molecule has 0 saturated carbocycles. The smallest absolute Gasteiger partial charge is 0.220 e. The van der Waals surface area contributed by atoms with Gasteiger partial charge in [0.2, 0.25) is 5.91 Å². The molecule has 2 heterocycles. The van der Waals surface area contributed by atoms with Crippen LogP contribution >= 0.6 is 24.8 Å². The molecule has 3 rings (SSSR count). The van der Waals surface area contributed by atoms with Crippen molar-refractivity contribution in [3.8, 4) is 0 Å². The summed E-state index contributed by atoms with van der Waals surface area (Å²) in [6, 6.07) is 11.4. The highest BCUT2D eigenvalue weighted by atomic mass is 35.5. The summed E-state index contributed by atoms with van der Waals surface area (Å²) >= 11 is 0. The summed E-state index contributed by atoms with van der Waals surface area (Å²) in [7, 11) is 0. The van der Waals surface area contributed by atoms with Gasteiger partial charge in [-0.05, 0) is 48.6 Å². The van der Waals surface area contributed by atoms with E-state index < -0.39 is 0 Å². The molecule has 1 amide bonds. The molecule has 166 valence electrons. The first-order valence-corrected chi connectivity index (χ1v) is 10.7. The highest BCUT2D eigenvalue weighted by molar-refractivity contribution is 5.85. The van der Waals surface area contributed by atoms with E-state index in [1.807, 2.05) is 0 Å². The Hall–Kier alpha value is -0.810. The van der Waals surface area contributed by atoms with Gasteiger partial charge in [0.05, 0.1) is 0 Å². The van der Waals surface area contributed by atoms with Crippen LogP contribution < -0.4 is 10.6 Å². The van der Waals surface area contributed by atoms with Crippen LogP contribution in [0.25, 0.3) is 0 Å². The van der Waals surface area contributed by atoms with E-state index in [0.29, 0.717) is 12.5 Å². The van der Waals surface area contributed by atoms with Crippen LogP contribution in [0.4, 0.5) is 0 Å². The number of hydrogen-bond donors (Lipinski definition) is 2. The number of hydrogen-bond acceptors (Lipinski definition) is 3. The Morgan fingerprint density at radius 2 is 1.90 bits per heavy atom. The van der Waals surface area contributed by atoms with E-state index >= 15 is 0 Å². The molecular formula is C23H39Cl2N3O. The fourth-order valence-corrected chi connectivity index (χ4v) is 4.52. The number of nitrogens with one attached hydrogen (secondary N) is 2. The number of amides is 1. The van der Waals surface area contributed by atoms with Gasteiger partial charge >= 0.3 is 0 Å². The van der Waals surface area contributed by atoms with Crippen molar-refractivity contribution >= 4 is 30.7 Å². The minimum Gasteiger partial charge on any atom is -0.356 e. The zero-order chi connectivity index (χ0) is 19.3. The minimum atomic E-state index is 0. The number of likely N-dealkylation sites (tertiary alicyclic amines) is 1. The fraction of sp³-hybridized carbons (Fsp3) is 0.696. The van der Waals surface area contributed by atoms with Gasteiger partial charge in [0.1, 0.15) is 0 Å². The molecular weight excluding hydrogens is 405 g/mol. The molecule has 6 heteroatoms. The van der Waals surface area contributed by atoms with Crippen LogP contribution in [0.15, 0.2) is 30.3 Å². The van der Waals surface area contributed by atoms with Crippen LogP contribution in [0.5, 0.6) is 0 Å². The van der Waals surface area contributed by atoms with E-state index in [1.165, 1.54) is 25.1 Å². The first-order valence-electron chi connectivity index (χ1n) is 10.7. The highest BCUT2D eigenvalue weighted by Crippen LogP contribution is 2.31. The number of nitrogens with zero attached hydrogens (tertiary/aromatic N) is 1. The quantitative estimate of drug-likeness (QED) is 0.660. The van der Waals surface area contributed by atoms with Gasteiger partial charge in [-0.2, -0.15) is 0 Å². The summed E-state index contributed by atoms with van der Waals surface area (Å²) in [6.45, 7) is 11.8. The lowest BCUT2D eigenvalue weighted by atomic mass is 9.79. The first-order chi connectivity index (χ1) is 12.9. The Balaban J connectivity index is 0.00000210. The highest BCUT2D eigenvalue weighted by Gasteiger charge is 2.36. The molecule has 2 aliphatic heterocycles. The number of piperidine rings is 2. The van der Waals surface area contributed by atoms with Crippen LogP contribution in [-0.4, -0.2) is 43.0 Å². The van der Waals surface area contributed by atoms with Crippen LogP contribution in [-0.2, 0) is 11.3 Å². The van der Waals surface area contributed by atoms with E-state index in [1.54, 1.807) is 0 Å². The fourth-order valence-electron chi connectivity index (χ4n) is 4.52. The molecule has 0 spiro atoms. The van der Waals surface area contributed by atoms with E-state index in [2.05, 4.69) is 66.6 Å². The predicted octanol–water partition coefficient (Wildman–Crippen LogP) is 4.27. The van der Waals surface area contributed by atoms with Gasteiger partial charge in [-0.15, -0.1) is 24.8 Å². The third kappa shape index (κ3) is 8.84. The summed E-state index contributed by atoms with van der Waals surface area (Å²) in [5.74, 6) is 1.70. The number of carbonyl (C=O) groups excluding carboxylic acids is 1. The normalized spacial score (nSPS) is 24.2. The Kier molecular flexibility index (Phi) is 11.0. The zero-order valence-electron chi connectivity index (χ0n) is 18.2. The summed E-state index contributed by atoms with van der Waals surface area (Å²) < 4.78 is 0. The second kappa shape index (κ2) is 12.1. The SMILES string of the molecule is CC(C)(C)CNC(=O)CCC[C@H]1NC[C@@H]2C[C@@H]1CN(Cc1ccccc1)C2.Cl.Cl. The van der Waals surface area contributed by atoms with E-state index in [4.69, 9.17) is 0 Å². The molecule has 1 aromatic rings. The van der Waals surface area contributed by atoms with Crippen molar-refractivity contribution in [2.75, 3.05) is 26.2 Å². The maximum absolute atomic E-state index is 12.1. The standard InChI is InChI=1S/C23H37N3O.2ClH/c1-23(2,3)17-25-22(27)11-7-10-21-20-12-19(13-24-21)15-26(16-20)14-18-8-5-4-6-9-18;;/h4-6,8-9,19-21,24H,7,10-17H2,1-3H3,(H,25,27);2*1H/t19-,20+,21+;;/m0../s1. The number of rotatable bonds is 7. The first kappa shape index (κ1) is 26.2. The molecule has 2 aliphatic rings. The maximum Gasteiger partial charge on any atom is 0.220 e. The molecule has 4 nitrogen and oxygen atoms in total. The third-order valence-electron chi connectivity index (χ3n) is 5.87. The summed E-state index contributed by atoms with van der Waals surface area (Å²) in [4.78, 5) is 14.7. The second-order valence-electron chi connectivity index (χ2n) is 9.79. The molecule has 3 atom stereocenters. The van der Waals surface area contributed by atoms with Crippen molar-refractivity contribution in [3.63, 3.8) is 0 Å². The lowest BCUT2D eigenvalue weighted by molar-refractivity contribution is -0.121. The van der Waals surface area contributed by atoms with Gasteiger partial charge in [-0.1, -0.05) is 51.1 Å². The summed E-state index contributed by atoms with van der Waals surface area (Å²) in [6.07, 6.45) is 4.09. The number of fused-ring (bicyclic) bond motifs is 2. The summed E-state index contributed by atoms with van der Waals surface area (Å²) in [5.41, 5.74) is 1.57. The Morgan fingerprint density at radius 3 is 2.59 bits per heavy atom. The van der Waals surface area contributed by atoms with E-state index in [-0.39, 0.29) is 36.1 Å². The molecule has 2 N–H and O–H groups in total. The zero-order valence-corrected chi connectivity index (χ0v) is 19.8. The largest absolute Gasteiger partial charge is 0.356 e. The lowest BCUT2D eigenvalue weighted by Gasteiger charge is -2.46. The molecule has 1 aromatic carbocycles. The lowest BCUT2D eigenvalue weighted by Crippen LogP contribution is -2.55. The second-order valence-corrected chi connectivity index (χ2v) is 9.79. The molecule has 2 saturated heterocycles. The average Bonchev–Trinajstić information content (AvgIpc) is 2.62. The molecule has 0 aromatic heterocycles. The Labute approximate surface area is 189 Å². The Morgan fingerprint density at radius 1 is 1.17 bits per heavy atom. The molecule has 0 aliphatic carbocycles. The van der Waals surface area contributed by atoms with Crippen molar-refractivity contribution in [2.45, 2.75) is 59.0 Å². The van der Waals surface area contributed by atoms with Gasteiger partial charge in [-0.25, -0.2) is 0 Å². The van der Waals surface area contributed by atoms with E-state index in [0.717, 1.165) is 44.3 Å². The van der Waals surface area contributed by atoms with Crippen molar-refractivity contribution in [1.82, 2.24) is 15.5 Å². The van der Waals surface area contributed by atoms with Gasteiger partial charge in [-0.3, -0.25) is 9.69 Å². The van der Waals surface area contributed by atoms with Crippen LogP contribution in [0.1, 0.15) is 52.0 Å². The number of halogens is 2. The van der Waals surface area contributed by atoms with Crippen molar-refractivity contribution in [1.29, 1.82) is 0 Å². The topological polar surface area (TPSA) is 44.4 Å². The molecule has 0 unspecified atom stereocenters. The van der Waals surface area contributed by atoms with Crippen LogP contribution in [0.3, 0.4) is 0 Å². The molecule has 2 fully saturated rings. The van der Waals surface area contributed by atoms with Gasteiger partial charge < -0.3 is 10.6 Å². The van der Waals surface area contributed by atoms with Crippen LogP contribution in [0.2, 0.25) is 0 Å². The summed E-state index contributed by atoms with van der Waals surface area (Å²) in [5, 5.41) is 6.85. The molecule has 0 radical (unpaired) electrons. The molecule has 29 heavy (non-hydrogen) atoms. The van der Waals surface area contributed by atoms with Crippen LogP contribution in [0, 0.1) is 17.3 Å². The van der Waals surface area contributed by atoms with Crippen molar-refractivity contribution in [2.24, 2.45) is 17.3 Å². The van der Waals surface area contributed by atoms with Crippen molar-refractivity contribution in [3.05, 3.63) is 35.9 Å². The van der Waals surface area contributed by atoms with E-state index in [9.17, 15) is 4.79 Å².